The molecule has 0 bridgehead atoms. The summed E-state index contributed by atoms with van der Waals surface area (Å²) in [6.07, 6.45) is 4.87. The number of amides is 1. The molecule has 1 aromatic heterocycles. The average molecular weight is 310 g/mol. The second-order valence-electron chi connectivity index (χ2n) is 5.76. The fraction of sp³-hybridized carbons (Fsp3) is 0.667. The molecule has 0 saturated heterocycles. The molecule has 2 rings (SSSR count). The van der Waals surface area contributed by atoms with E-state index in [1.165, 1.54) is 11.3 Å². The van der Waals surface area contributed by atoms with Crippen LogP contribution in [0, 0.1) is 11.8 Å². The van der Waals surface area contributed by atoms with Gasteiger partial charge < -0.3 is 10.1 Å². The van der Waals surface area contributed by atoms with Gasteiger partial charge in [-0.3, -0.25) is 9.59 Å². The van der Waals surface area contributed by atoms with Crippen molar-refractivity contribution in [3.63, 3.8) is 0 Å². The zero-order chi connectivity index (χ0) is 15.2. The van der Waals surface area contributed by atoms with Gasteiger partial charge in [-0.2, -0.15) is 0 Å². The summed E-state index contributed by atoms with van der Waals surface area (Å²) >= 11 is 1.36. The molecule has 116 valence electrons. The van der Waals surface area contributed by atoms with Crippen molar-refractivity contribution in [1.29, 1.82) is 0 Å². The zero-order valence-electron chi connectivity index (χ0n) is 12.5. The summed E-state index contributed by atoms with van der Waals surface area (Å²) < 4.78 is 5.46. The number of aromatic nitrogens is 1. The molecule has 1 N–H and O–H groups in total. The highest BCUT2D eigenvalue weighted by atomic mass is 32.1. The van der Waals surface area contributed by atoms with Crippen LogP contribution in [0.2, 0.25) is 0 Å². The Morgan fingerprint density at radius 1 is 1.33 bits per heavy atom. The van der Waals surface area contributed by atoms with Gasteiger partial charge in [0.2, 0.25) is 5.91 Å². The Labute approximate surface area is 129 Å². The fourth-order valence-corrected chi connectivity index (χ4v) is 3.08. The number of carbonyl (C=O) groups is 2. The van der Waals surface area contributed by atoms with Gasteiger partial charge >= 0.3 is 5.97 Å². The van der Waals surface area contributed by atoms with Crippen molar-refractivity contribution in [3.05, 3.63) is 11.6 Å². The molecule has 21 heavy (non-hydrogen) atoms. The molecular weight excluding hydrogens is 288 g/mol. The minimum Gasteiger partial charge on any atom is -0.462 e. The van der Waals surface area contributed by atoms with Crippen LogP contribution in [0.25, 0.3) is 0 Å². The molecule has 1 aliphatic carbocycles. The number of nitrogens with one attached hydrogen (secondary N) is 1. The van der Waals surface area contributed by atoms with Crippen molar-refractivity contribution in [2.24, 2.45) is 11.8 Å². The quantitative estimate of drug-likeness (QED) is 0.848. The fourth-order valence-electron chi connectivity index (χ4n) is 2.53. The summed E-state index contributed by atoms with van der Waals surface area (Å²) in [7, 11) is 0. The van der Waals surface area contributed by atoms with Crippen LogP contribution < -0.4 is 5.32 Å². The molecule has 1 amide bonds. The lowest BCUT2D eigenvalue weighted by Gasteiger charge is -2.31. The van der Waals surface area contributed by atoms with E-state index in [1.54, 1.807) is 11.6 Å². The monoisotopic (exact) mass is 310 g/mol. The number of anilines is 1. The van der Waals surface area contributed by atoms with Crippen LogP contribution >= 0.6 is 11.3 Å². The molecule has 0 aliphatic heterocycles. The zero-order valence-corrected chi connectivity index (χ0v) is 13.3. The molecule has 0 aromatic carbocycles. The lowest BCUT2D eigenvalue weighted by atomic mass is 9.80. The van der Waals surface area contributed by atoms with E-state index >= 15 is 0 Å². The van der Waals surface area contributed by atoms with E-state index in [4.69, 9.17) is 4.74 Å². The van der Waals surface area contributed by atoms with Crippen LogP contribution in [-0.4, -0.2) is 23.0 Å². The number of hydrogen-bond donors (Lipinski definition) is 1. The molecule has 0 spiro atoms. The lowest BCUT2D eigenvalue weighted by molar-refractivity contribution is -0.152. The summed E-state index contributed by atoms with van der Waals surface area (Å²) in [6, 6.07) is 0. The van der Waals surface area contributed by atoms with Gasteiger partial charge in [-0.25, -0.2) is 4.98 Å². The summed E-state index contributed by atoms with van der Waals surface area (Å²) in [5.74, 6) is 0.803. The van der Waals surface area contributed by atoms with Crippen molar-refractivity contribution in [3.8, 4) is 0 Å². The predicted octanol–water partition coefficient (Wildman–Crippen LogP) is 3.23. The smallest absolute Gasteiger partial charge is 0.306 e. The first-order valence-corrected chi connectivity index (χ1v) is 8.31. The summed E-state index contributed by atoms with van der Waals surface area (Å²) in [5, 5.41) is 5.00. The Kier molecular flexibility index (Phi) is 5.73. The Morgan fingerprint density at radius 3 is 2.81 bits per heavy atom. The van der Waals surface area contributed by atoms with Crippen LogP contribution in [0.5, 0.6) is 0 Å². The molecule has 1 fully saturated rings. The standard InChI is InChI=1S/C15H22N2O3S/c1-10-3-4-12(9-11(10)2)20-14(19)6-5-13(18)17-15-16-7-8-21-15/h7-8,10-12H,3-6,9H2,1-2H3,(H,16,17,18). The van der Waals surface area contributed by atoms with E-state index < -0.39 is 0 Å². The van der Waals surface area contributed by atoms with Crippen LogP contribution in [-0.2, 0) is 14.3 Å². The van der Waals surface area contributed by atoms with Gasteiger partial charge in [0.15, 0.2) is 5.13 Å². The first-order valence-electron chi connectivity index (χ1n) is 7.43. The molecule has 1 heterocycles. The highest BCUT2D eigenvalue weighted by Crippen LogP contribution is 2.31. The number of ether oxygens (including phenoxy) is 1. The second-order valence-corrected chi connectivity index (χ2v) is 6.66. The number of carbonyl (C=O) groups excluding carboxylic acids is 2. The van der Waals surface area contributed by atoms with Crippen molar-refractivity contribution in [1.82, 2.24) is 4.98 Å². The van der Waals surface area contributed by atoms with Gasteiger partial charge in [0.25, 0.3) is 0 Å². The third kappa shape index (κ3) is 5.12. The van der Waals surface area contributed by atoms with Gasteiger partial charge in [-0.1, -0.05) is 13.8 Å². The summed E-state index contributed by atoms with van der Waals surface area (Å²) in [5.41, 5.74) is 0. The minimum absolute atomic E-state index is 0.0192. The van der Waals surface area contributed by atoms with E-state index in [9.17, 15) is 9.59 Å². The SMILES string of the molecule is CC1CCC(OC(=O)CCC(=O)Nc2nccs2)CC1C. The molecule has 1 saturated carbocycles. The summed E-state index contributed by atoms with van der Waals surface area (Å²) in [4.78, 5) is 27.4. The molecular formula is C15H22N2O3S. The summed E-state index contributed by atoms with van der Waals surface area (Å²) in [6.45, 7) is 4.44. The second kappa shape index (κ2) is 7.54. The first kappa shape index (κ1) is 15.9. The number of esters is 1. The van der Waals surface area contributed by atoms with Crippen molar-refractivity contribution in [2.45, 2.75) is 52.1 Å². The number of thiazole rings is 1. The van der Waals surface area contributed by atoms with E-state index in [1.807, 2.05) is 0 Å². The largest absolute Gasteiger partial charge is 0.462 e. The lowest BCUT2D eigenvalue weighted by Crippen LogP contribution is -2.29. The third-order valence-corrected chi connectivity index (χ3v) is 4.77. The maximum atomic E-state index is 11.8. The minimum atomic E-state index is -0.281. The van der Waals surface area contributed by atoms with E-state index in [-0.39, 0.29) is 30.8 Å². The molecule has 1 aliphatic rings. The van der Waals surface area contributed by atoms with Gasteiger partial charge in [-0.05, 0) is 31.1 Å². The van der Waals surface area contributed by atoms with Crippen molar-refractivity contribution in [2.75, 3.05) is 5.32 Å². The van der Waals surface area contributed by atoms with Gasteiger partial charge in [0.1, 0.15) is 6.10 Å². The van der Waals surface area contributed by atoms with Gasteiger partial charge in [0, 0.05) is 18.0 Å². The van der Waals surface area contributed by atoms with Crippen molar-refractivity contribution < 1.29 is 14.3 Å². The molecule has 3 unspecified atom stereocenters. The molecule has 6 heteroatoms. The van der Waals surface area contributed by atoms with Crippen LogP contribution in [0.1, 0.15) is 46.0 Å². The Hall–Kier alpha value is -1.43. The Balaban J connectivity index is 1.66. The van der Waals surface area contributed by atoms with Gasteiger partial charge in [-0.15, -0.1) is 11.3 Å². The van der Waals surface area contributed by atoms with E-state index in [0.29, 0.717) is 17.0 Å². The Bertz CT molecular complexity index is 475. The molecule has 5 nitrogen and oxygen atoms in total. The maximum absolute atomic E-state index is 11.8. The van der Waals surface area contributed by atoms with E-state index in [2.05, 4.69) is 24.1 Å². The van der Waals surface area contributed by atoms with Crippen molar-refractivity contribution >= 4 is 28.3 Å². The molecule has 3 atom stereocenters. The van der Waals surface area contributed by atoms with Gasteiger partial charge in [0.05, 0.1) is 6.42 Å². The molecule has 1 aromatic rings. The maximum Gasteiger partial charge on any atom is 0.306 e. The third-order valence-electron chi connectivity index (χ3n) is 4.08. The Morgan fingerprint density at radius 2 is 2.14 bits per heavy atom. The van der Waals surface area contributed by atoms with E-state index in [0.717, 1.165) is 19.3 Å². The van der Waals surface area contributed by atoms with Crippen LogP contribution in [0.3, 0.4) is 0 Å². The highest BCUT2D eigenvalue weighted by molar-refractivity contribution is 7.13. The number of rotatable bonds is 5. The molecule has 0 radical (unpaired) electrons. The van der Waals surface area contributed by atoms with Crippen LogP contribution in [0.4, 0.5) is 5.13 Å². The highest BCUT2D eigenvalue weighted by Gasteiger charge is 2.27. The number of nitrogens with zero attached hydrogens (tertiary/aromatic N) is 1. The first-order chi connectivity index (χ1) is 10.0. The number of hydrogen-bond acceptors (Lipinski definition) is 5. The predicted molar refractivity (Wildman–Crippen MR) is 82.0 cm³/mol. The normalized spacial score (nSPS) is 25.3. The topological polar surface area (TPSA) is 68.3 Å². The van der Waals surface area contributed by atoms with Crippen LogP contribution in [0.15, 0.2) is 11.6 Å². The average Bonchev–Trinajstić information content (AvgIpc) is 2.93.